The molecule has 11 heteroatoms. The Morgan fingerprint density at radius 1 is 1.13 bits per heavy atom. The van der Waals surface area contributed by atoms with E-state index in [0.29, 0.717) is 11.9 Å². The maximum absolute atomic E-state index is 12.9. The van der Waals surface area contributed by atoms with Crippen LogP contribution in [0, 0.1) is 0 Å². The number of nitrogens with zero attached hydrogens (tertiary/aromatic N) is 5. The highest BCUT2D eigenvalue weighted by Gasteiger charge is 2.33. The molecular weight excluding hydrogens is 421 g/mol. The molecular formula is C19H18ClF3N6O. The lowest BCUT2D eigenvalue weighted by atomic mass is 10.1. The number of benzene rings is 1. The number of anilines is 1. The van der Waals surface area contributed by atoms with E-state index in [1.54, 1.807) is 12.3 Å². The van der Waals surface area contributed by atoms with Gasteiger partial charge >= 0.3 is 6.18 Å². The number of nitrogens with one attached hydrogen (secondary N) is 1. The predicted molar refractivity (Wildman–Crippen MR) is 105 cm³/mol. The molecule has 1 aliphatic heterocycles. The number of rotatable bonds is 4. The smallest absolute Gasteiger partial charge is 0.413 e. The van der Waals surface area contributed by atoms with E-state index in [4.69, 9.17) is 16.0 Å². The second-order valence-corrected chi connectivity index (χ2v) is 7.50. The molecule has 1 aromatic carbocycles. The van der Waals surface area contributed by atoms with Crippen molar-refractivity contribution in [2.24, 2.45) is 0 Å². The van der Waals surface area contributed by atoms with Crippen molar-refractivity contribution in [3.8, 4) is 23.2 Å². The van der Waals surface area contributed by atoms with Gasteiger partial charge in [0.05, 0.1) is 10.6 Å². The fourth-order valence-corrected chi connectivity index (χ4v) is 3.50. The minimum absolute atomic E-state index is 0.0258. The average Bonchev–Trinajstić information content (AvgIpc) is 3.19. The van der Waals surface area contributed by atoms with Gasteiger partial charge in [-0.05, 0) is 57.2 Å². The molecule has 0 saturated carbocycles. The van der Waals surface area contributed by atoms with Crippen LogP contribution in [-0.4, -0.2) is 51.2 Å². The molecule has 0 amide bonds. The molecule has 0 atom stereocenters. The molecule has 0 radical (unpaired) electrons. The summed E-state index contributed by atoms with van der Waals surface area (Å²) in [6.45, 7) is 2.02. The van der Waals surface area contributed by atoms with Crippen LogP contribution in [0.2, 0.25) is 5.02 Å². The van der Waals surface area contributed by atoms with Crippen molar-refractivity contribution in [3.63, 3.8) is 0 Å². The lowest BCUT2D eigenvalue weighted by Gasteiger charge is -2.29. The summed E-state index contributed by atoms with van der Waals surface area (Å²) < 4.78 is 44.2. The number of alkyl halides is 3. The SMILES string of the molecule is CN1CCC(Nc2ccnc(-c3nnc(-c4ccc(C(F)(F)F)c(Cl)c4)o3)n2)CC1. The second-order valence-electron chi connectivity index (χ2n) is 7.09. The van der Waals surface area contributed by atoms with Crippen molar-refractivity contribution in [3.05, 3.63) is 41.0 Å². The number of aromatic nitrogens is 4. The molecule has 7 nitrogen and oxygen atoms in total. The number of halogens is 4. The van der Waals surface area contributed by atoms with E-state index in [0.717, 1.165) is 38.1 Å². The molecule has 0 spiro atoms. The first-order valence-corrected chi connectivity index (χ1v) is 9.66. The van der Waals surface area contributed by atoms with Gasteiger partial charge in [0.1, 0.15) is 5.82 Å². The highest BCUT2D eigenvalue weighted by Crippen LogP contribution is 2.36. The zero-order valence-corrected chi connectivity index (χ0v) is 16.7. The average molecular weight is 439 g/mol. The van der Waals surface area contributed by atoms with Crippen molar-refractivity contribution in [2.45, 2.75) is 25.1 Å². The van der Waals surface area contributed by atoms with E-state index in [2.05, 4.69) is 37.4 Å². The van der Waals surface area contributed by atoms with Crippen molar-refractivity contribution < 1.29 is 17.6 Å². The standard InChI is InChI=1S/C19H18ClF3N6O/c1-29-8-5-12(6-9-29)25-15-4-7-24-16(26-15)18-28-27-17(30-18)11-2-3-13(14(20)10-11)19(21,22)23/h2-4,7,10,12H,5-6,8-9H2,1H3,(H,24,25,26). The van der Waals surface area contributed by atoms with Crippen LogP contribution in [0.3, 0.4) is 0 Å². The van der Waals surface area contributed by atoms with Crippen LogP contribution in [-0.2, 0) is 6.18 Å². The van der Waals surface area contributed by atoms with Crippen LogP contribution in [0.5, 0.6) is 0 Å². The van der Waals surface area contributed by atoms with E-state index in [1.165, 1.54) is 6.07 Å². The van der Waals surface area contributed by atoms with Gasteiger partial charge in [0.25, 0.3) is 5.89 Å². The zero-order valence-electron chi connectivity index (χ0n) is 15.9. The molecule has 1 aliphatic rings. The molecule has 0 aliphatic carbocycles. The summed E-state index contributed by atoms with van der Waals surface area (Å²) in [5.41, 5.74) is -0.656. The van der Waals surface area contributed by atoms with Crippen LogP contribution < -0.4 is 5.32 Å². The summed E-state index contributed by atoms with van der Waals surface area (Å²) in [7, 11) is 2.09. The third-order valence-electron chi connectivity index (χ3n) is 4.86. The molecule has 1 saturated heterocycles. The Morgan fingerprint density at radius 2 is 1.87 bits per heavy atom. The van der Waals surface area contributed by atoms with Crippen LogP contribution in [0.15, 0.2) is 34.9 Å². The molecule has 4 rings (SSSR count). The normalized spacial score (nSPS) is 16.0. The quantitative estimate of drug-likeness (QED) is 0.647. The molecule has 3 aromatic rings. The van der Waals surface area contributed by atoms with Gasteiger partial charge in [0, 0.05) is 17.8 Å². The minimum atomic E-state index is -4.54. The van der Waals surface area contributed by atoms with E-state index in [-0.39, 0.29) is 23.2 Å². The van der Waals surface area contributed by atoms with E-state index >= 15 is 0 Å². The summed E-state index contributed by atoms with van der Waals surface area (Å²) in [6, 6.07) is 5.32. The van der Waals surface area contributed by atoms with Gasteiger partial charge in [-0.15, -0.1) is 10.2 Å². The van der Waals surface area contributed by atoms with Gasteiger partial charge in [0.2, 0.25) is 11.7 Å². The third-order valence-corrected chi connectivity index (χ3v) is 5.18. The van der Waals surface area contributed by atoms with E-state index in [1.807, 2.05) is 0 Å². The predicted octanol–water partition coefficient (Wildman–Crippen LogP) is 4.37. The zero-order chi connectivity index (χ0) is 21.3. The Balaban J connectivity index is 1.52. The Morgan fingerprint density at radius 3 is 2.57 bits per heavy atom. The maximum atomic E-state index is 12.9. The Labute approximate surface area is 175 Å². The van der Waals surface area contributed by atoms with Crippen molar-refractivity contribution in [2.75, 3.05) is 25.5 Å². The Kier molecular flexibility index (Phi) is 5.61. The molecule has 0 unspecified atom stereocenters. The van der Waals surface area contributed by atoms with Gasteiger partial charge in [-0.25, -0.2) is 9.97 Å². The van der Waals surface area contributed by atoms with Gasteiger partial charge < -0.3 is 14.6 Å². The summed E-state index contributed by atoms with van der Waals surface area (Å²) in [5, 5.41) is 10.7. The Bertz CT molecular complexity index is 1030. The summed E-state index contributed by atoms with van der Waals surface area (Å²) in [5.74, 6) is 0.961. The monoisotopic (exact) mass is 438 g/mol. The fourth-order valence-electron chi connectivity index (χ4n) is 3.21. The molecule has 30 heavy (non-hydrogen) atoms. The molecule has 3 heterocycles. The third kappa shape index (κ3) is 4.54. The summed E-state index contributed by atoms with van der Waals surface area (Å²) in [6.07, 6.45) is -0.937. The van der Waals surface area contributed by atoms with Crippen LogP contribution in [0.25, 0.3) is 23.2 Å². The lowest BCUT2D eigenvalue weighted by molar-refractivity contribution is -0.137. The minimum Gasteiger partial charge on any atom is -0.413 e. The number of likely N-dealkylation sites (tertiary alicyclic amines) is 1. The van der Waals surface area contributed by atoms with Gasteiger partial charge in [0.15, 0.2) is 0 Å². The largest absolute Gasteiger partial charge is 0.417 e. The first-order chi connectivity index (χ1) is 14.3. The lowest BCUT2D eigenvalue weighted by Crippen LogP contribution is -2.36. The van der Waals surface area contributed by atoms with Gasteiger partial charge in [-0.1, -0.05) is 11.6 Å². The summed E-state index contributed by atoms with van der Waals surface area (Å²) in [4.78, 5) is 10.9. The molecule has 1 N–H and O–H groups in total. The van der Waals surface area contributed by atoms with Crippen molar-refractivity contribution in [1.82, 2.24) is 25.1 Å². The number of piperidine rings is 1. The first-order valence-electron chi connectivity index (χ1n) is 9.29. The van der Waals surface area contributed by atoms with Crippen LogP contribution in [0.1, 0.15) is 18.4 Å². The molecule has 0 bridgehead atoms. The van der Waals surface area contributed by atoms with Crippen LogP contribution >= 0.6 is 11.6 Å². The number of hydrogen-bond donors (Lipinski definition) is 1. The van der Waals surface area contributed by atoms with Crippen LogP contribution in [0.4, 0.5) is 19.0 Å². The van der Waals surface area contributed by atoms with Crippen molar-refractivity contribution >= 4 is 17.4 Å². The highest BCUT2D eigenvalue weighted by atomic mass is 35.5. The van der Waals surface area contributed by atoms with E-state index < -0.39 is 16.8 Å². The highest BCUT2D eigenvalue weighted by molar-refractivity contribution is 6.31. The fraction of sp³-hybridized carbons (Fsp3) is 0.368. The molecule has 158 valence electrons. The topological polar surface area (TPSA) is 80.0 Å². The first kappa shape index (κ1) is 20.5. The number of hydrogen-bond acceptors (Lipinski definition) is 7. The van der Waals surface area contributed by atoms with Gasteiger partial charge in [-0.3, -0.25) is 0 Å². The second kappa shape index (κ2) is 8.19. The van der Waals surface area contributed by atoms with Gasteiger partial charge in [-0.2, -0.15) is 13.2 Å². The summed E-state index contributed by atoms with van der Waals surface area (Å²) >= 11 is 5.76. The molecule has 1 fully saturated rings. The van der Waals surface area contributed by atoms with E-state index in [9.17, 15) is 13.2 Å². The maximum Gasteiger partial charge on any atom is 0.417 e. The Hall–Kier alpha value is -2.72. The molecule has 2 aromatic heterocycles. The van der Waals surface area contributed by atoms with Crippen molar-refractivity contribution in [1.29, 1.82) is 0 Å².